The maximum atomic E-state index is 12.6. The van der Waals surface area contributed by atoms with Crippen LogP contribution in [0.25, 0.3) is 10.4 Å². The average Bonchev–Trinajstić information content (AvgIpc) is 3.28. The zero-order valence-electron chi connectivity index (χ0n) is 16.4. The van der Waals surface area contributed by atoms with Crippen LogP contribution in [0.2, 0.25) is 0 Å². The quantitative estimate of drug-likeness (QED) is 0.245. The smallest absolute Gasteiger partial charge is 0.323 e. The van der Waals surface area contributed by atoms with Gasteiger partial charge in [-0.2, -0.15) is 0 Å². The number of rotatable bonds is 8. The Morgan fingerprint density at radius 1 is 1.10 bits per heavy atom. The van der Waals surface area contributed by atoms with Gasteiger partial charge in [0.1, 0.15) is 17.6 Å². The summed E-state index contributed by atoms with van der Waals surface area (Å²) in [6.07, 6.45) is 0. The van der Waals surface area contributed by atoms with Crippen molar-refractivity contribution in [3.8, 4) is 28.0 Å². The van der Waals surface area contributed by atoms with Gasteiger partial charge in [0.2, 0.25) is 0 Å². The molecule has 1 heterocycles. The van der Waals surface area contributed by atoms with Crippen LogP contribution >= 0.6 is 23.1 Å². The van der Waals surface area contributed by atoms with Gasteiger partial charge in [0.25, 0.3) is 0 Å². The summed E-state index contributed by atoms with van der Waals surface area (Å²) in [6.45, 7) is 4.33. The lowest BCUT2D eigenvalue weighted by Gasteiger charge is -2.16. The molecular formula is C24H22O3S2. The predicted octanol–water partition coefficient (Wildman–Crippen LogP) is 6.21. The first kappa shape index (κ1) is 21.0. The van der Waals surface area contributed by atoms with Crippen LogP contribution in [-0.4, -0.2) is 19.2 Å². The molecule has 0 aliphatic heterocycles. The first-order valence-electron chi connectivity index (χ1n) is 9.31. The summed E-state index contributed by atoms with van der Waals surface area (Å²) in [4.78, 5) is 14.8. The van der Waals surface area contributed by atoms with Gasteiger partial charge in [0.15, 0.2) is 0 Å². The number of ether oxygens (including phenoxy) is 2. The van der Waals surface area contributed by atoms with Gasteiger partial charge in [-0.3, -0.25) is 4.79 Å². The second-order valence-corrected chi connectivity index (χ2v) is 8.16. The van der Waals surface area contributed by atoms with E-state index >= 15 is 0 Å². The largest absolute Gasteiger partial charge is 0.481 e. The number of carbonyl (C=O) groups is 1. The van der Waals surface area contributed by atoms with Crippen LogP contribution < -0.4 is 4.74 Å². The SMILES string of the molecule is CC#CCOc1ccc(SC(C(=O)OCC)c2ccc(-c3cccs3)cc2)cc1. The van der Waals surface area contributed by atoms with Crippen LogP contribution in [0.5, 0.6) is 5.75 Å². The fraction of sp³-hybridized carbons (Fsp3) is 0.208. The Balaban J connectivity index is 1.76. The molecule has 0 bridgehead atoms. The van der Waals surface area contributed by atoms with Gasteiger partial charge in [0, 0.05) is 9.77 Å². The third-order valence-corrected chi connectivity index (χ3v) is 6.25. The number of thioether (sulfide) groups is 1. The van der Waals surface area contributed by atoms with Gasteiger partial charge in [-0.05, 0) is 60.7 Å². The first-order valence-corrected chi connectivity index (χ1v) is 11.1. The van der Waals surface area contributed by atoms with Crippen molar-refractivity contribution < 1.29 is 14.3 Å². The molecular weight excluding hydrogens is 400 g/mol. The molecule has 2 aromatic carbocycles. The number of thiophene rings is 1. The number of hydrogen-bond acceptors (Lipinski definition) is 5. The van der Waals surface area contributed by atoms with E-state index in [1.807, 2.05) is 49.4 Å². The van der Waals surface area contributed by atoms with Crippen LogP contribution in [0.15, 0.2) is 70.9 Å². The Kier molecular flexibility index (Phi) is 7.80. The lowest BCUT2D eigenvalue weighted by atomic mass is 10.1. The normalized spacial score (nSPS) is 11.2. The van der Waals surface area contributed by atoms with Crippen molar-refractivity contribution in [3.63, 3.8) is 0 Å². The van der Waals surface area contributed by atoms with Crippen molar-refractivity contribution >= 4 is 29.1 Å². The molecule has 148 valence electrons. The summed E-state index contributed by atoms with van der Waals surface area (Å²) in [5.41, 5.74) is 2.07. The van der Waals surface area contributed by atoms with Gasteiger partial charge >= 0.3 is 5.97 Å². The maximum Gasteiger partial charge on any atom is 0.323 e. The molecule has 5 heteroatoms. The van der Waals surface area contributed by atoms with Gasteiger partial charge in [-0.1, -0.05) is 36.3 Å². The average molecular weight is 423 g/mol. The van der Waals surface area contributed by atoms with Crippen molar-refractivity contribution in [1.29, 1.82) is 0 Å². The standard InChI is InChI=1S/C24H22O3S2/c1-3-5-16-27-20-12-14-21(15-13-20)29-23(24(25)26-4-2)19-10-8-18(9-11-19)22-7-6-17-28-22/h6-15,17,23H,4,16H2,1-2H3. The Morgan fingerprint density at radius 2 is 1.86 bits per heavy atom. The van der Waals surface area contributed by atoms with E-state index in [4.69, 9.17) is 9.47 Å². The first-order chi connectivity index (χ1) is 14.2. The summed E-state index contributed by atoms with van der Waals surface area (Å²) in [5, 5.41) is 1.63. The van der Waals surface area contributed by atoms with Gasteiger partial charge in [-0.25, -0.2) is 0 Å². The molecule has 0 saturated heterocycles. The highest BCUT2D eigenvalue weighted by Crippen LogP contribution is 2.38. The topological polar surface area (TPSA) is 35.5 Å². The van der Waals surface area contributed by atoms with Crippen molar-refractivity contribution in [2.75, 3.05) is 13.2 Å². The molecule has 29 heavy (non-hydrogen) atoms. The second kappa shape index (κ2) is 10.8. The molecule has 0 aliphatic carbocycles. The van der Waals surface area contributed by atoms with Crippen molar-refractivity contribution in [2.45, 2.75) is 24.0 Å². The summed E-state index contributed by atoms with van der Waals surface area (Å²) >= 11 is 3.17. The van der Waals surface area contributed by atoms with Crippen molar-refractivity contribution in [2.24, 2.45) is 0 Å². The fourth-order valence-corrected chi connectivity index (χ4v) is 4.43. The number of carbonyl (C=O) groups excluding carboxylic acids is 1. The Labute approximate surface area is 180 Å². The maximum absolute atomic E-state index is 12.6. The minimum absolute atomic E-state index is 0.236. The molecule has 3 aromatic rings. The zero-order chi connectivity index (χ0) is 20.5. The van der Waals surface area contributed by atoms with E-state index in [-0.39, 0.29) is 5.97 Å². The van der Waals surface area contributed by atoms with Crippen LogP contribution in [0, 0.1) is 11.8 Å². The molecule has 0 saturated carbocycles. The zero-order valence-corrected chi connectivity index (χ0v) is 18.0. The molecule has 3 nitrogen and oxygen atoms in total. The molecule has 1 aromatic heterocycles. The molecule has 0 N–H and O–H groups in total. The Bertz CT molecular complexity index is 966. The van der Waals surface area contributed by atoms with Gasteiger partial charge < -0.3 is 9.47 Å². The lowest BCUT2D eigenvalue weighted by molar-refractivity contribution is -0.142. The van der Waals surface area contributed by atoms with Gasteiger partial charge in [-0.15, -0.1) is 29.0 Å². The summed E-state index contributed by atoms with van der Waals surface area (Å²) in [5.74, 6) is 6.19. The summed E-state index contributed by atoms with van der Waals surface area (Å²) < 4.78 is 10.9. The predicted molar refractivity (Wildman–Crippen MR) is 120 cm³/mol. The van der Waals surface area contributed by atoms with Crippen LogP contribution in [0.1, 0.15) is 24.7 Å². The third-order valence-electron chi connectivity index (χ3n) is 4.09. The van der Waals surface area contributed by atoms with E-state index in [9.17, 15) is 4.79 Å². The van der Waals surface area contributed by atoms with E-state index in [1.54, 1.807) is 18.3 Å². The minimum Gasteiger partial charge on any atom is -0.481 e. The Hall–Kier alpha value is -2.68. The summed E-state index contributed by atoms with van der Waals surface area (Å²) in [7, 11) is 0. The molecule has 0 radical (unpaired) electrons. The molecule has 0 aliphatic rings. The van der Waals surface area contributed by atoms with Crippen LogP contribution in [0.4, 0.5) is 0 Å². The Morgan fingerprint density at radius 3 is 2.48 bits per heavy atom. The number of benzene rings is 2. The van der Waals surface area contributed by atoms with Gasteiger partial charge in [0.05, 0.1) is 6.61 Å². The van der Waals surface area contributed by atoms with Crippen LogP contribution in [-0.2, 0) is 9.53 Å². The lowest BCUT2D eigenvalue weighted by Crippen LogP contribution is -2.13. The highest BCUT2D eigenvalue weighted by Gasteiger charge is 2.23. The number of hydrogen-bond donors (Lipinski definition) is 0. The molecule has 1 unspecified atom stereocenters. The minimum atomic E-state index is -0.426. The van der Waals surface area contributed by atoms with E-state index in [1.165, 1.54) is 16.6 Å². The van der Waals surface area contributed by atoms with E-state index in [2.05, 4.69) is 35.4 Å². The molecule has 0 fully saturated rings. The molecule has 0 spiro atoms. The summed E-state index contributed by atoms with van der Waals surface area (Å²) in [6, 6.07) is 19.9. The van der Waals surface area contributed by atoms with Crippen molar-refractivity contribution in [1.82, 2.24) is 0 Å². The van der Waals surface area contributed by atoms with E-state index < -0.39 is 5.25 Å². The molecule has 0 amide bonds. The highest BCUT2D eigenvalue weighted by molar-refractivity contribution is 8.00. The van der Waals surface area contributed by atoms with E-state index in [0.29, 0.717) is 13.2 Å². The number of esters is 1. The highest BCUT2D eigenvalue weighted by atomic mass is 32.2. The molecule has 1 atom stereocenters. The van der Waals surface area contributed by atoms with Crippen molar-refractivity contribution in [3.05, 3.63) is 71.6 Å². The monoisotopic (exact) mass is 422 g/mol. The fourth-order valence-electron chi connectivity index (χ4n) is 2.68. The second-order valence-electron chi connectivity index (χ2n) is 6.04. The third kappa shape index (κ3) is 5.90. The van der Waals surface area contributed by atoms with Crippen LogP contribution in [0.3, 0.4) is 0 Å². The van der Waals surface area contributed by atoms with E-state index in [0.717, 1.165) is 21.8 Å². The molecule has 3 rings (SSSR count).